The standard InChI is InChI=1S/C29H41N3O4/c1-9-10-18-32(27(34)22(5)30-28(35)36-29(6,7)8)25(23-17-12-11-14-19(23)2)26(33)31-24-20(3)15-13-16-21(24)4/h11-17,22,25H,9-10,18H2,1-8H3,(H,30,35)(H,31,33). The van der Waals surface area contributed by atoms with E-state index < -0.39 is 23.8 Å². The molecule has 0 aliphatic rings. The summed E-state index contributed by atoms with van der Waals surface area (Å²) >= 11 is 0. The van der Waals surface area contributed by atoms with E-state index in [0.717, 1.165) is 34.4 Å². The summed E-state index contributed by atoms with van der Waals surface area (Å²) in [5, 5.41) is 5.72. The molecule has 0 heterocycles. The first-order chi connectivity index (χ1) is 16.9. The second kappa shape index (κ2) is 12.6. The van der Waals surface area contributed by atoms with Gasteiger partial charge in [0, 0.05) is 12.2 Å². The summed E-state index contributed by atoms with van der Waals surface area (Å²) in [6, 6.07) is 11.7. The van der Waals surface area contributed by atoms with E-state index >= 15 is 0 Å². The van der Waals surface area contributed by atoms with Crippen molar-refractivity contribution in [2.45, 2.75) is 85.9 Å². The second-order valence-electron chi connectivity index (χ2n) is 10.3. The van der Waals surface area contributed by atoms with E-state index in [1.807, 2.05) is 70.2 Å². The van der Waals surface area contributed by atoms with Gasteiger partial charge in [-0.15, -0.1) is 0 Å². The Morgan fingerprint density at radius 3 is 2.08 bits per heavy atom. The van der Waals surface area contributed by atoms with Crippen LogP contribution in [0.2, 0.25) is 0 Å². The van der Waals surface area contributed by atoms with Crippen molar-refractivity contribution in [3.63, 3.8) is 0 Å². The largest absolute Gasteiger partial charge is 0.444 e. The predicted octanol–water partition coefficient (Wildman–Crippen LogP) is 5.83. The summed E-state index contributed by atoms with van der Waals surface area (Å²) in [6.45, 7) is 15.1. The molecule has 0 aromatic heterocycles. The fourth-order valence-electron chi connectivity index (χ4n) is 4.04. The lowest BCUT2D eigenvalue weighted by atomic mass is 9.97. The fraction of sp³-hybridized carbons (Fsp3) is 0.483. The van der Waals surface area contributed by atoms with E-state index in [0.29, 0.717) is 13.0 Å². The summed E-state index contributed by atoms with van der Waals surface area (Å²) in [4.78, 5) is 41.6. The van der Waals surface area contributed by atoms with Gasteiger partial charge in [0.05, 0.1) is 0 Å². The van der Waals surface area contributed by atoms with E-state index in [2.05, 4.69) is 10.6 Å². The Hall–Kier alpha value is -3.35. The molecule has 2 aromatic rings. The number of unbranched alkanes of at least 4 members (excludes halogenated alkanes) is 1. The van der Waals surface area contributed by atoms with E-state index in [4.69, 9.17) is 4.74 Å². The van der Waals surface area contributed by atoms with E-state index in [-0.39, 0.29) is 11.8 Å². The molecular weight excluding hydrogens is 454 g/mol. The highest BCUT2D eigenvalue weighted by atomic mass is 16.6. The van der Waals surface area contributed by atoms with Gasteiger partial charge in [-0.2, -0.15) is 0 Å². The maximum absolute atomic E-state index is 13.9. The Labute approximate surface area is 215 Å². The molecular formula is C29H41N3O4. The maximum atomic E-state index is 13.9. The lowest BCUT2D eigenvalue weighted by Gasteiger charge is -2.34. The topological polar surface area (TPSA) is 87.7 Å². The molecule has 196 valence electrons. The normalized spacial score (nSPS) is 12.9. The van der Waals surface area contributed by atoms with Gasteiger partial charge in [-0.3, -0.25) is 9.59 Å². The zero-order valence-corrected chi connectivity index (χ0v) is 22.9. The number of carbonyl (C=O) groups is 3. The number of para-hydroxylation sites is 1. The number of alkyl carbamates (subject to hydrolysis) is 1. The third-order valence-corrected chi connectivity index (χ3v) is 5.91. The van der Waals surface area contributed by atoms with E-state index in [1.165, 1.54) is 0 Å². The minimum Gasteiger partial charge on any atom is -0.444 e. The lowest BCUT2D eigenvalue weighted by Crippen LogP contribution is -2.51. The van der Waals surface area contributed by atoms with Crippen LogP contribution in [0.15, 0.2) is 42.5 Å². The van der Waals surface area contributed by atoms with Crippen molar-refractivity contribution in [1.82, 2.24) is 10.2 Å². The van der Waals surface area contributed by atoms with Crippen LogP contribution in [0.4, 0.5) is 10.5 Å². The number of nitrogens with zero attached hydrogens (tertiary/aromatic N) is 1. The van der Waals surface area contributed by atoms with Crippen LogP contribution in [0.5, 0.6) is 0 Å². The molecule has 0 aliphatic carbocycles. The number of rotatable bonds is 9. The fourth-order valence-corrected chi connectivity index (χ4v) is 4.04. The molecule has 2 rings (SSSR count). The van der Waals surface area contributed by atoms with Crippen LogP contribution in [0.25, 0.3) is 0 Å². The minimum absolute atomic E-state index is 0.296. The van der Waals surface area contributed by atoms with Gasteiger partial charge in [0.15, 0.2) is 0 Å². The molecule has 2 unspecified atom stereocenters. The molecule has 0 bridgehead atoms. The Morgan fingerprint density at radius 2 is 1.53 bits per heavy atom. The molecule has 0 aliphatic heterocycles. The molecule has 0 saturated carbocycles. The number of nitrogens with one attached hydrogen (secondary N) is 2. The summed E-state index contributed by atoms with van der Waals surface area (Å²) in [6.07, 6.45) is 0.881. The highest BCUT2D eigenvalue weighted by Gasteiger charge is 2.35. The quantitative estimate of drug-likeness (QED) is 0.458. The third kappa shape index (κ3) is 7.83. The van der Waals surface area contributed by atoms with Crippen molar-refractivity contribution < 1.29 is 19.1 Å². The van der Waals surface area contributed by atoms with Gasteiger partial charge in [0.2, 0.25) is 5.91 Å². The summed E-state index contributed by atoms with van der Waals surface area (Å²) in [7, 11) is 0. The zero-order valence-electron chi connectivity index (χ0n) is 22.9. The molecule has 0 saturated heterocycles. The van der Waals surface area contributed by atoms with Gasteiger partial charge < -0.3 is 20.3 Å². The number of hydrogen-bond acceptors (Lipinski definition) is 4. The summed E-state index contributed by atoms with van der Waals surface area (Å²) in [5.74, 6) is -0.644. The Bertz CT molecular complexity index is 1050. The van der Waals surface area contributed by atoms with E-state index in [1.54, 1.807) is 32.6 Å². The maximum Gasteiger partial charge on any atom is 0.408 e. The van der Waals surface area contributed by atoms with Crippen molar-refractivity contribution in [1.29, 1.82) is 0 Å². The van der Waals surface area contributed by atoms with Crippen molar-refractivity contribution in [2.75, 3.05) is 11.9 Å². The molecule has 2 atom stereocenters. The summed E-state index contributed by atoms with van der Waals surface area (Å²) < 4.78 is 5.34. The van der Waals surface area contributed by atoms with Gasteiger partial charge in [0.1, 0.15) is 17.7 Å². The summed E-state index contributed by atoms with van der Waals surface area (Å²) in [5.41, 5.74) is 3.58. The number of carbonyl (C=O) groups excluding carboxylic acids is 3. The Morgan fingerprint density at radius 1 is 0.944 bits per heavy atom. The van der Waals surface area contributed by atoms with Gasteiger partial charge >= 0.3 is 6.09 Å². The number of ether oxygens (including phenoxy) is 1. The molecule has 0 spiro atoms. The van der Waals surface area contributed by atoms with Crippen molar-refractivity contribution >= 4 is 23.6 Å². The first-order valence-corrected chi connectivity index (χ1v) is 12.6. The van der Waals surface area contributed by atoms with Crippen molar-refractivity contribution in [2.24, 2.45) is 0 Å². The number of amides is 3. The lowest BCUT2D eigenvalue weighted by molar-refractivity contribution is -0.140. The monoisotopic (exact) mass is 495 g/mol. The Balaban J connectivity index is 2.47. The first-order valence-electron chi connectivity index (χ1n) is 12.6. The van der Waals surface area contributed by atoms with Crippen LogP contribution in [0.3, 0.4) is 0 Å². The SMILES string of the molecule is CCCCN(C(=O)C(C)NC(=O)OC(C)(C)C)C(C(=O)Nc1c(C)cccc1C)c1ccccc1C. The van der Waals surface area contributed by atoms with Crippen molar-refractivity contribution in [3.05, 3.63) is 64.7 Å². The van der Waals surface area contributed by atoms with Crippen LogP contribution in [-0.2, 0) is 14.3 Å². The van der Waals surface area contributed by atoms with Crippen LogP contribution in [0, 0.1) is 20.8 Å². The average molecular weight is 496 g/mol. The number of hydrogen-bond donors (Lipinski definition) is 2. The van der Waals surface area contributed by atoms with Gasteiger partial charge in [-0.05, 0) is 77.1 Å². The molecule has 0 fully saturated rings. The molecule has 7 nitrogen and oxygen atoms in total. The van der Waals surface area contributed by atoms with Crippen LogP contribution < -0.4 is 10.6 Å². The first kappa shape index (κ1) is 28.9. The van der Waals surface area contributed by atoms with Crippen LogP contribution >= 0.6 is 0 Å². The molecule has 2 N–H and O–H groups in total. The molecule has 7 heteroatoms. The molecule has 2 aromatic carbocycles. The average Bonchev–Trinajstić information content (AvgIpc) is 2.78. The second-order valence-corrected chi connectivity index (χ2v) is 10.3. The predicted molar refractivity (Wildman–Crippen MR) is 144 cm³/mol. The minimum atomic E-state index is -0.878. The van der Waals surface area contributed by atoms with Crippen LogP contribution in [0.1, 0.15) is 75.8 Å². The smallest absolute Gasteiger partial charge is 0.408 e. The highest BCUT2D eigenvalue weighted by molar-refractivity contribution is 6.00. The molecule has 36 heavy (non-hydrogen) atoms. The number of anilines is 1. The van der Waals surface area contributed by atoms with E-state index in [9.17, 15) is 14.4 Å². The third-order valence-electron chi connectivity index (χ3n) is 5.91. The van der Waals surface area contributed by atoms with Gasteiger partial charge in [-0.25, -0.2) is 4.79 Å². The van der Waals surface area contributed by atoms with Gasteiger partial charge in [-0.1, -0.05) is 55.8 Å². The van der Waals surface area contributed by atoms with Crippen molar-refractivity contribution in [3.8, 4) is 0 Å². The highest BCUT2D eigenvalue weighted by Crippen LogP contribution is 2.29. The number of aryl methyl sites for hydroxylation is 3. The molecule has 0 radical (unpaired) electrons. The van der Waals surface area contributed by atoms with Gasteiger partial charge in [0.25, 0.3) is 5.91 Å². The Kier molecular flexibility index (Phi) is 10.1. The zero-order chi connectivity index (χ0) is 27.0. The molecule has 3 amide bonds. The van der Waals surface area contributed by atoms with Crippen LogP contribution in [-0.4, -0.2) is 41.0 Å². The number of benzene rings is 2.